The van der Waals surface area contributed by atoms with Gasteiger partial charge in [0, 0.05) is 31.2 Å². The van der Waals surface area contributed by atoms with Crippen molar-refractivity contribution in [2.24, 2.45) is 0 Å². The quantitative estimate of drug-likeness (QED) is 0.578. The number of carbonyl (C=O) groups is 2. The first-order chi connectivity index (χ1) is 12.7. The molecule has 0 spiro atoms. The lowest BCUT2D eigenvalue weighted by molar-refractivity contribution is -0.192. The van der Waals surface area contributed by atoms with Crippen LogP contribution < -0.4 is 20.8 Å². The third kappa shape index (κ3) is 6.45. The second-order valence-electron chi connectivity index (χ2n) is 5.64. The van der Waals surface area contributed by atoms with Crippen molar-refractivity contribution in [2.75, 3.05) is 38.0 Å². The van der Waals surface area contributed by atoms with E-state index < -0.39 is 18.2 Å². The summed E-state index contributed by atoms with van der Waals surface area (Å²) < 4.78 is 37.5. The van der Waals surface area contributed by atoms with Crippen LogP contribution in [0.25, 0.3) is 0 Å². The minimum atomic E-state index is -5.08. The Morgan fingerprint density at radius 3 is 2.52 bits per heavy atom. The maximum Gasteiger partial charge on any atom is 0.490 e. The number of carbonyl (C=O) groups excluding carboxylic acids is 1. The molecule has 1 unspecified atom stereocenters. The van der Waals surface area contributed by atoms with Crippen LogP contribution in [0.1, 0.15) is 0 Å². The summed E-state index contributed by atoms with van der Waals surface area (Å²) in [4.78, 5) is 21.1. The third-order valence-electron chi connectivity index (χ3n) is 3.61. The van der Waals surface area contributed by atoms with Gasteiger partial charge in [-0.05, 0) is 18.2 Å². The Morgan fingerprint density at radius 2 is 1.93 bits per heavy atom. The number of carboxylic acids is 1. The van der Waals surface area contributed by atoms with Gasteiger partial charge in [0.15, 0.2) is 6.10 Å². The standard InChI is InChI=1S/C13H17ClN4O2.C2HF3O2/c14-9-1-2-11-10(7-9)16-8-12(20-11)13(19)17-18-5-3-15-4-6-18;3-2(4,5)1(6)7/h1-2,7,12,15-16H,3-6,8H2,(H,17,19);(H,6,7). The van der Waals surface area contributed by atoms with Gasteiger partial charge in [0.05, 0.1) is 12.2 Å². The SMILES string of the molecule is O=C(NN1CCNCC1)C1CNc2cc(Cl)ccc2O1.O=C(O)C(F)(F)F. The number of hydrogen-bond acceptors (Lipinski definition) is 6. The number of halogens is 4. The number of ether oxygens (including phenoxy) is 1. The van der Waals surface area contributed by atoms with Gasteiger partial charge in [-0.1, -0.05) is 11.6 Å². The number of nitrogens with one attached hydrogen (secondary N) is 3. The Bertz CT molecular complexity index is 684. The molecule has 2 aliphatic rings. The summed E-state index contributed by atoms with van der Waals surface area (Å²) >= 11 is 5.92. The van der Waals surface area contributed by atoms with E-state index in [1.165, 1.54) is 0 Å². The Hall–Kier alpha value is -2.24. The number of fused-ring (bicyclic) bond motifs is 1. The van der Waals surface area contributed by atoms with E-state index in [2.05, 4.69) is 16.1 Å². The molecule has 150 valence electrons. The van der Waals surface area contributed by atoms with E-state index in [4.69, 9.17) is 26.2 Å². The van der Waals surface area contributed by atoms with Gasteiger partial charge in [0.25, 0.3) is 5.91 Å². The van der Waals surface area contributed by atoms with Crippen LogP contribution in [0.3, 0.4) is 0 Å². The van der Waals surface area contributed by atoms with Crippen molar-refractivity contribution in [1.29, 1.82) is 0 Å². The zero-order valence-electron chi connectivity index (χ0n) is 14.0. The fraction of sp³-hybridized carbons (Fsp3) is 0.467. The minimum Gasteiger partial charge on any atom is -0.476 e. The summed E-state index contributed by atoms with van der Waals surface area (Å²) in [7, 11) is 0. The number of rotatable bonds is 2. The highest BCUT2D eigenvalue weighted by atomic mass is 35.5. The normalized spacial score (nSPS) is 19.5. The number of hydrazine groups is 1. The van der Waals surface area contributed by atoms with Gasteiger partial charge in [-0.25, -0.2) is 9.80 Å². The molecular weight excluding hydrogens is 393 g/mol. The second kappa shape index (κ2) is 9.11. The van der Waals surface area contributed by atoms with E-state index >= 15 is 0 Å². The van der Waals surface area contributed by atoms with Crippen molar-refractivity contribution in [3.63, 3.8) is 0 Å². The number of aliphatic carboxylic acids is 1. The predicted molar refractivity (Wildman–Crippen MR) is 90.6 cm³/mol. The van der Waals surface area contributed by atoms with Gasteiger partial charge in [0.2, 0.25) is 0 Å². The van der Waals surface area contributed by atoms with Gasteiger partial charge in [-0.2, -0.15) is 13.2 Å². The molecule has 0 aromatic heterocycles. The monoisotopic (exact) mass is 410 g/mol. The molecule has 0 saturated carbocycles. The molecule has 2 aliphatic heterocycles. The van der Waals surface area contributed by atoms with Crippen LogP contribution in [0.4, 0.5) is 18.9 Å². The predicted octanol–water partition coefficient (Wildman–Crippen LogP) is 1.08. The average Bonchev–Trinajstić information content (AvgIpc) is 2.61. The largest absolute Gasteiger partial charge is 0.490 e. The molecule has 0 bridgehead atoms. The molecule has 1 fully saturated rings. The molecule has 0 aliphatic carbocycles. The molecule has 2 heterocycles. The van der Waals surface area contributed by atoms with Crippen LogP contribution in [-0.2, 0) is 9.59 Å². The molecular formula is C15H18ClF3N4O4. The lowest BCUT2D eigenvalue weighted by Crippen LogP contribution is -2.56. The number of alkyl halides is 3. The molecule has 3 rings (SSSR count). The maximum absolute atomic E-state index is 12.2. The summed E-state index contributed by atoms with van der Waals surface area (Å²) in [5.41, 5.74) is 3.72. The van der Waals surface area contributed by atoms with Crippen LogP contribution in [0, 0.1) is 0 Å². The molecule has 27 heavy (non-hydrogen) atoms. The number of anilines is 1. The molecule has 8 nitrogen and oxygen atoms in total. The highest BCUT2D eigenvalue weighted by Gasteiger charge is 2.38. The Kier molecular flexibility index (Phi) is 7.11. The molecule has 1 saturated heterocycles. The number of carboxylic acid groups (broad SMARTS) is 1. The lowest BCUT2D eigenvalue weighted by Gasteiger charge is -2.31. The Balaban J connectivity index is 0.000000321. The van der Waals surface area contributed by atoms with Crippen molar-refractivity contribution in [3.05, 3.63) is 23.2 Å². The third-order valence-corrected chi connectivity index (χ3v) is 3.84. The molecule has 1 amide bonds. The summed E-state index contributed by atoms with van der Waals surface area (Å²) in [5, 5.41) is 16.1. The van der Waals surface area contributed by atoms with Gasteiger partial charge in [-0.3, -0.25) is 10.2 Å². The first-order valence-electron chi connectivity index (χ1n) is 7.93. The first-order valence-corrected chi connectivity index (χ1v) is 8.31. The summed E-state index contributed by atoms with van der Waals surface area (Å²) in [6, 6.07) is 5.31. The van der Waals surface area contributed by atoms with E-state index in [0.717, 1.165) is 31.9 Å². The summed E-state index contributed by atoms with van der Waals surface area (Å²) in [5.74, 6) is -2.23. The first kappa shape index (κ1) is 21.1. The van der Waals surface area contributed by atoms with Gasteiger partial charge >= 0.3 is 12.1 Å². The molecule has 12 heteroatoms. The highest BCUT2D eigenvalue weighted by molar-refractivity contribution is 6.30. The zero-order chi connectivity index (χ0) is 20.0. The van der Waals surface area contributed by atoms with Gasteiger partial charge < -0.3 is 20.5 Å². The fourth-order valence-corrected chi connectivity index (χ4v) is 2.46. The molecule has 1 atom stereocenters. The van der Waals surface area contributed by atoms with E-state index in [9.17, 15) is 18.0 Å². The number of piperazine rings is 1. The Morgan fingerprint density at radius 1 is 1.30 bits per heavy atom. The van der Waals surface area contributed by atoms with E-state index in [0.29, 0.717) is 17.3 Å². The molecule has 4 N–H and O–H groups in total. The summed E-state index contributed by atoms with van der Waals surface area (Å²) in [6.07, 6.45) is -5.61. The van der Waals surface area contributed by atoms with E-state index in [-0.39, 0.29) is 5.91 Å². The Labute approximate surface area is 157 Å². The molecule has 0 radical (unpaired) electrons. The van der Waals surface area contributed by atoms with Crippen molar-refractivity contribution in [2.45, 2.75) is 12.3 Å². The molecule has 1 aromatic carbocycles. The van der Waals surface area contributed by atoms with Crippen molar-refractivity contribution in [3.8, 4) is 5.75 Å². The second-order valence-corrected chi connectivity index (χ2v) is 6.08. The van der Waals surface area contributed by atoms with Gasteiger partial charge in [-0.15, -0.1) is 0 Å². The van der Waals surface area contributed by atoms with Crippen molar-refractivity contribution >= 4 is 29.2 Å². The van der Waals surface area contributed by atoms with Crippen LogP contribution >= 0.6 is 11.6 Å². The van der Waals surface area contributed by atoms with Crippen LogP contribution in [0.2, 0.25) is 5.02 Å². The van der Waals surface area contributed by atoms with E-state index in [1.54, 1.807) is 18.2 Å². The lowest BCUT2D eigenvalue weighted by atomic mass is 10.2. The summed E-state index contributed by atoms with van der Waals surface area (Å²) in [6.45, 7) is 3.80. The highest BCUT2D eigenvalue weighted by Crippen LogP contribution is 2.31. The topological polar surface area (TPSA) is 103 Å². The van der Waals surface area contributed by atoms with Crippen LogP contribution in [0.5, 0.6) is 5.75 Å². The maximum atomic E-state index is 12.2. The molecule has 1 aromatic rings. The smallest absolute Gasteiger partial charge is 0.476 e. The minimum absolute atomic E-state index is 0.125. The van der Waals surface area contributed by atoms with Crippen LogP contribution in [0.15, 0.2) is 18.2 Å². The zero-order valence-corrected chi connectivity index (χ0v) is 14.7. The van der Waals surface area contributed by atoms with Crippen molar-refractivity contribution < 1.29 is 32.6 Å². The van der Waals surface area contributed by atoms with Crippen molar-refractivity contribution in [1.82, 2.24) is 15.8 Å². The fourth-order valence-electron chi connectivity index (χ4n) is 2.29. The number of benzene rings is 1. The van der Waals surface area contributed by atoms with E-state index in [1.807, 2.05) is 5.01 Å². The van der Waals surface area contributed by atoms with Gasteiger partial charge in [0.1, 0.15) is 5.75 Å². The number of nitrogens with zero attached hydrogens (tertiary/aromatic N) is 1. The number of amides is 1. The average molecular weight is 411 g/mol. The van der Waals surface area contributed by atoms with Crippen LogP contribution in [-0.4, -0.2) is 67.0 Å². The number of hydrogen-bond donors (Lipinski definition) is 4.